The summed E-state index contributed by atoms with van der Waals surface area (Å²) in [6.45, 7) is 4.10. The number of aromatic nitrogens is 1. The molecule has 2 rings (SSSR count). The Kier molecular flexibility index (Phi) is 3.58. The van der Waals surface area contributed by atoms with Gasteiger partial charge in [-0.1, -0.05) is 18.3 Å². The Balaban J connectivity index is 2.34. The molecular formula is C14H14N2OS. The Morgan fingerprint density at radius 1 is 1.22 bits per heavy atom. The van der Waals surface area contributed by atoms with Gasteiger partial charge in [0.05, 0.1) is 0 Å². The van der Waals surface area contributed by atoms with Crippen LogP contribution in [0.4, 0.5) is 0 Å². The van der Waals surface area contributed by atoms with Crippen molar-refractivity contribution in [2.45, 2.75) is 13.8 Å². The summed E-state index contributed by atoms with van der Waals surface area (Å²) in [6.07, 6.45) is 1.64. The predicted octanol–water partition coefficient (Wildman–Crippen LogP) is 3.12. The molecular weight excluding hydrogens is 244 g/mol. The minimum atomic E-state index is 0.231. The van der Waals surface area contributed by atoms with Gasteiger partial charge in [0.2, 0.25) is 0 Å². The third-order valence-electron chi connectivity index (χ3n) is 2.71. The second-order valence-corrected chi connectivity index (χ2v) is 4.50. The molecule has 1 aromatic heterocycles. The second-order valence-electron chi connectivity index (χ2n) is 4.06. The number of aryl methyl sites for hydroxylation is 2. The number of nitrogens with zero attached hydrogens (tertiary/aromatic N) is 1. The molecule has 0 unspecified atom stereocenters. The maximum atomic E-state index is 5.78. The maximum absolute atomic E-state index is 5.78. The van der Waals surface area contributed by atoms with Crippen LogP contribution in [0.1, 0.15) is 16.8 Å². The van der Waals surface area contributed by atoms with E-state index in [2.05, 4.69) is 11.9 Å². The van der Waals surface area contributed by atoms with Crippen molar-refractivity contribution in [2.75, 3.05) is 0 Å². The Hall–Kier alpha value is -1.94. The molecule has 4 heteroatoms. The number of pyridine rings is 1. The number of nitrogens with two attached hydrogens (primary N) is 1. The minimum Gasteiger partial charge on any atom is -0.455 e. The summed E-state index contributed by atoms with van der Waals surface area (Å²) in [5, 5.41) is 0. The van der Waals surface area contributed by atoms with Crippen molar-refractivity contribution in [1.82, 2.24) is 4.98 Å². The average molecular weight is 258 g/mol. The van der Waals surface area contributed by atoms with Gasteiger partial charge in [0.1, 0.15) is 16.4 Å². The topological polar surface area (TPSA) is 48.1 Å². The van der Waals surface area contributed by atoms with Crippen LogP contribution in [0.5, 0.6) is 11.5 Å². The molecule has 0 amide bonds. The first-order valence-electron chi connectivity index (χ1n) is 5.58. The molecule has 3 nitrogen and oxygen atoms in total. The molecule has 92 valence electrons. The van der Waals surface area contributed by atoms with E-state index in [1.54, 1.807) is 18.3 Å². The van der Waals surface area contributed by atoms with E-state index in [1.807, 2.05) is 25.1 Å². The van der Waals surface area contributed by atoms with Crippen molar-refractivity contribution in [2.24, 2.45) is 5.73 Å². The van der Waals surface area contributed by atoms with Crippen LogP contribution in [-0.4, -0.2) is 9.97 Å². The van der Waals surface area contributed by atoms with Gasteiger partial charge in [0.15, 0.2) is 5.75 Å². The summed E-state index contributed by atoms with van der Waals surface area (Å²) < 4.78 is 5.78. The van der Waals surface area contributed by atoms with Crippen LogP contribution >= 0.6 is 12.2 Å². The lowest BCUT2D eigenvalue weighted by Gasteiger charge is -2.10. The normalized spacial score (nSPS) is 10.1. The lowest BCUT2D eigenvalue weighted by atomic mass is 10.1. The molecule has 0 radical (unpaired) electrons. The highest BCUT2D eigenvalue weighted by Crippen LogP contribution is 2.25. The highest BCUT2D eigenvalue weighted by Gasteiger charge is 2.08. The first kappa shape index (κ1) is 12.5. The predicted molar refractivity (Wildman–Crippen MR) is 76.1 cm³/mol. The quantitative estimate of drug-likeness (QED) is 0.859. The molecule has 1 aromatic carbocycles. The highest BCUT2D eigenvalue weighted by molar-refractivity contribution is 7.80. The van der Waals surface area contributed by atoms with E-state index in [1.165, 1.54) is 11.1 Å². The molecule has 18 heavy (non-hydrogen) atoms. The summed E-state index contributed by atoms with van der Waals surface area (Å²) >= 11 is 4.95. The first-order chi connectivity index (χ1) is 8.58. The molecule has 0 aliphatic heterocycles. The minimum absolute atomic E-state index is 0.231. The fourth-order valence-corrected chi connectivity index (χ4v) is 1.72. The van der Waals surface area contributed by atoms with Crippen LogP contribution in [0.2, 0.25) is 0 Å². The van der Waals surface area contributed by atoms with E-state index in [0.717, 1.165) is 5.75 Å². The summed E-state index contributed by atoms with van der Waals surface area (Å²) in [6, 6.07) is 9.50. The molecule has 2 N–H and O–H groups in total. The largest absolute Gasteiger partial charge is 0.455 e. The number of thiocarbonyl (C=S) groups is 1. The van der Waals surface area contributed by atoms with E-state index >= 15 is 0 Å². The molecule has 0 fully saturated rings. The lowest BCUT2D eigenvalue weighted by molar-refractivity contribution is 0.478. The Labute approximate surface area is 112 Å². The van der Waals surface area contributed by atoms with E-state index in [4.69, 9.17) is 22.7 Å². The van der Waals surface area contributed by atoms with Crippen LogP contribution in [-0.2, 0) is 0 Å². The van der Waals surface area contributed by atoms with E-state index in [0.29, 0.717) is 11.4 Å². The molecule has 0 aliphatic rings. The standard InChI is InChI=1S/C14H14N2OS/c1-9-5-6-11(8-10(9)2)17-12-4-3-7-16-13(12)14(15)18/h3-8H,1-2H3,(H2,15,18). The molecule has 0 saturated carbocycles. The van der Waals surface area contributed by atoms with Crippen molar-refractivity contribution in [3.63, 3.8) is 0 Å². The summed E-state index contributed by atoms with van der Waals surface area (Å²) in [5.74, 6) is 1.33. The van der Waals surface area contributed by atoms with E-state index in [-0.39, 0.29) is 4.99 Å². The van der Waals surface area contributed by atoms with Gasteiger partial charge >= 0.3 is 0 Å². The summed E-state index contributed by atoms with van der Waals surface area (Å²) in [7, 11) is 0. The number of hydrogen-bond donors (Lipinski definition) is 1. The van der Waals surface area contributed by atoms with Crippen LogP contribution in [0.25, 0.3) is 0 Å². The summed E-state index contributed by atoms with van der Waals surface area (Å²) in [4.78, 5) is 4.35. The lowest BCUT2D eigenvalue weighted by Crippen LogP contribution is -2.12. The molecule has 0 bridgehead atoms. The zero-order chi connectivity index (χ0) is 13.1. The number of rotatable bonds is 3. The fraction of sp³-hybridized carbons (Fsp3) is 0.143. The van der Waals surface area contributed by atoms with Gasteiger partial charge < -0.3 is 10.5 Å². The van der Waals surface area contributed by atoms with Gasteiger partial charge in [0.25, 0.3) is 0 Å². The Bertz CT molecular complexity index is 596. The average Bonchev–Trinajstić information content (AvgIpc) is 2.34. The molecule has 0 atom stereocenters. The van der Waals surface area contributed by atoms with Gasteiger partial charge in [-0.25, -0.2) is 4.98 Å². The van der Waals surface area contributed by atoms with Crippen molar-refractivity contribution < 1.29 is 4.74 Å². The van der Waals surface area contributed by atoms with E-state index in [9.17, 15) is 0 Å². The van der Waals surface area contributed by atoms with Crippen molar-refractivity contribution in [3.8, 4) is 11.5 Å². The zero-order valence-electron chi connectivity index (χ0n) is 10.3. The smallest absolute Gasteiger partial charge is 0.156 e. The van der Waals surface area contributed by atoms with Crippen LogP contribution < -0.4 is 10.5 Å². The van der Waals surface area contributed by atoms with Crippen molar-refractivity contribution in [1.29, 1.82) is 0 Å². The van der Waals surface area contributed by atoms with Crippen molar-refractivity contribution in [3.05, 3.63) is 53.3 Å². The molecule has 2 aromatic rings. The molecule has 0 aliphatic carbocycles. The van der Waals surface area contributed by atoms with Gasteiger partial charge in [-0.2, -0.15) is 0 Å². The zero-order valence-corrected chi connectivity index (χ0v) is 11.1. The molecule has 0 saturated heterocycles. The van der Waals surface area contributed by atoms with Gasteiger partial charge in [-0.05, 0) is 49.2 Å². The number of hydrogen-bond acceptors (Lipinski definition) is 3. The fourth-order valence-electron chi connectivity index (χ4n) is 1.56. The second kappa shape index (κ2) is 5.14. The number of ether oxygens (including phenoxy) is 1. The molecule has 1 heterocycles. The summed E-state index contributed by atoms with van der Waals surface area (Å²) in [5.41, 5.74) is 8.52. The van der Waals surface area contributed by atoms with E-state index < -0.39 is 0 Å². The third kappa shape index (κ3) is 2.65. The highest BCUT2D eigenvalue weighted by atomic mass is 32.1. The van der Waals surface area contributed by atoms with Crippen molar-refractivity contribution >= 4 is 17.2 Å². The maximum Gasteiger partial charge on any atom is 0.156 e. The Morgan fingerprint density at radius 3 is 2.67 bits per heavy atom. The van der Waals surface area contributed by atoms with Gasteiger partial charge in [-0.15, -0.1) is 0 Å². The third-order valence-corrected chi connectivity index (χ3v) is 2.90. The SMILES string of the molecule is Cc1ccc(Oc2cccnc2C(N)=S)cc1C. The number of benzene rings is 1. The van der Waals surface area contributed by atoms with Crippen LogP contribution in [0, 0.1) is 13.8 Å². The van der Waals surface area contributed by atoms with Crippen LogP contribution in [0.15, 0.2) is 36.5 Å². The molecule has 0 spiro atoms. The van der Waals surface area contributed by atoms with Crippen LogP contribution in [0.3, 0.4) is 0 Å². The van der Waals surface area contributed by atoms with Gasteiger partial charge in [-0.3, -0.25) is 0 Å². The van der Waals surface area contributed by atoms with Gasteiger partial charge in [0, 0.05) is 6.20 Å². The monoisotopic (exact) mass is 258 g/mol. The Morgan fingerprint density at radius 2 is 2.00 bits per heavy atom. The first-order valence-corrected chi connectivity index (χ1v) is 5.98.